The number of aryl methyl sites for hydroxylation is 1. The lowest BCUT2D eigenvalue weighted by molar-refractivity contribution is -0.140. The molecule has 1 aromatic carbocycles. The van der Waals surface area contributed by atoms with Gasteiger partial charge in [0.1, 0.15) is 11.4 Å². The zero-order valence-electron chi connectivity index (χ0n) is 12.4. The molecule has 1 aliphatic rings. The van der Waals surface area contributed by atoms with Gasteiger partial charge in [0, 0.05) is 11.4 Å². The SMILES string of the molecule is Cc1nc2c(Cl)cc(Cl)cc2c(=O)n1[C@@]1(C)CCC(=O)NC1=O. The maximum Gasteiger partial charge on any atom is 0.262 e. The molecule has 1 fully saturated rings. The molecule has 3 rings (SSSR count). The van der Waals surface area contributed by atoms with Crippen LogP contribution in [0.2, 0.25) is 10.0 Å². The fraction of sp³-hybridized carbons (Fsp3) is 0.333. The summed E-state index contributed by atoms with van der Waals surface area (Å²) in [7, 11) is 0. The number of halogens is 2. The summed E-state index contributed by atoms with van der Waals surface area (Å²) in [5, 5.41) is 3.09. The van der Waals surface area contributed by atoms with Crippen molar-refractivity contribution in [2.24, 2.45) is 0 Å². The summed E-state index contributed by atoms with van der Waals surface area (Å²) >= 11 is 12.1. The van der Waals surface area contributed by atoms with E-state index in [1.807, 2.05) is 0 Å². The molecule has 0 aliphatic carbocycles. The van der Waals surface area contributed by atoms with E-state index in [9.17, 15) is 14.4 Å². The molecule has 2 amide bonds. The number of hydrogen-bond acceptors (Lipinski definition) is 4. The molecule has 0 radical (unpaired) electrons. The number of imide groups is 1. The Morgan fingerprint density at radius 3 is 2.61 bits per heavy atom. The van der Waals surface area contributed by atoms with Gasteiger partial charge in [-0.15, -0.1) is 0 Å². The van der Waals surface area contributed by atoms with Crippen molar-refractivity contribution in [2.45, 2.75) is 32.2 Å². The Morgan fingerprint density at radius 1 is 1.26 bits per heavy atom. The second-order valence-electron chi connectivity index (χ2n) is 5.73. The Hall–Kier alpha value is -1.92. The van der Waals surface area contributed by atoms with E-state index in [1.54, 1.807) is 13.8 Å². The maximum atomic E-state index is 12.9. The van der Waals surface area contributed by atoms with Gasteiger partial charge in [-0.3, -0.25) is 24.3 Å². The van der Waals surface area contributed by atoms with Crippen LogP contribution in [0, 0.1) is 6.92 Å². The third-order valence-electron chi connectivity index (χ3n) is 4.13. The molecule has 6 nitrogen and oxygen atoms in total. The first-order valence-electron chi connectivity index (χ1n) is 6.97. The van der Waals surface area contributed by atoms with Gasteiger partial charge in [-0.05, 0) is 32.4 Å². The summed E-state index contributed by atoms with van der Waals surface area (Å²) in [6.45, 7) is 3.24. The van der Waals surface area contributed by atoms with Gasteiger partial charge in [-0.2, -0.15) is 0 Å². The van der Waals surface area contributed by atoms with Gasteiger partial charge < -0.3 is 0 Å². The molecular weight excluding hydrogens is 341 g/mol. The summed E-state index contributed by atoms with van der Waals surface area (Å²) in [6.07, 6.45) is 0.377. The lowest BCUT2D eigenvalue weighted by Gasteiger charge is -2.34. The van der Waals surface area contributed by atoms with Crippen LogP contribution in [0.3, 0.4) is 0 Å². The number of amides is 2. The van der Waals surface area contributed by atoms with Crippen molar-refractivity contribution in [1.82, 2.24) is 14.9 Å². The van der Waals surface area contributed by atoms with Crippen molar-refractivity contribution in [1.29, 1.82) is 0 Å². The van der Waals surface area contributed by atoms with E-state index >= 15 is 0 Å². The first kappa shape index (κ1) is 16.0. The Balaban J connectivity index is 2.32. The van der Waals surface area contributed by atoms with Gasteiger partial charge >= 0.3 is 0 Å². The number of rotatable bonds is 1. The van der Waals surface area contributed by atoms with Crippen molar-refractivity contribution in [3.8, 4) is 0 Å². The van der Waals surface area contributed by atoms with Gasteiger partial charge in [0.15, 0.2) is 0 Å². The number of nitrogens with one attached hydrogen (secondary N) is 1. The number of piperidine rings is 1. The zero-order valence-corrected chi connectivity index (χ0v) is 14.0. The molecule has 120 valence electrons. The maximum absolute atomic E-state index is 12.9. The Bertz CT molecular complexity index is 922. The monoisotopic (exact) mass is 353 g/mol. The molecule has 8 heteroatoms. The topological polar surface area (TPSA) is 81.1 Å². The largest absolute Gasteiger partial charge is 0.294 e. The van der Waals surface area contributed by atoms with Crippen LogP contribution in [0.15, 0.2) is 16.9 Å². The Morgan fingerprint density at radius 2 is 1.96 bits per heavy atom. The summed E-state index contributed by atoms with van der Waals surface area (Å²) in [6, 6.07) is 2.98. The smallest absolute Gasteiger partial charge is 0.262 e. The van der Waals surface area contributed by atoms with E-state index in [1.165, 1.54) is 16.7 Å². The highest BCUT2D eigenvalue weighted by Gasteiger charge is 2.42. The zero-order chi connectivity index (χ0) is 16.9. The van der Waals surface area contributed by atoms with E-state index in [0.717, 1.165) is 0 Å². The van der Waals surface area contributed by atoms with Crippen molar-refractivity contribution >= 4 is 45.9 Å². The lowest BCUT2D eigenvalue weighted by Crippen LogP contribution is -2.56. The normalized spacial score (nSPS) is 21.6. The van der Waals surface area contributed by atoms with Crippen molar-refractivity contribution in [2.75, 3.05) is 0 Å². The van der Waals surface area contributed by atoms with E-state index < -0.39 is 17.0 Å². The van der Waals surface area contributed by atoms with Crippen LogP contribution >= 0.6 is 23.2 Å². The highest BCUT2D eigenvalue weighted by atomic mass is 35.5. The van der Waals surface area contributed by atoms with E-state index in [2.05, 4.69) is 10.3 Å². The number of hydrogen-bond donors (Lipinski definition) is 1. The first-order valence-corrected chi connectivity index (χ1v) is 7.73. The Labute approximate surface area is 141 Å². The average Bonchev–Trinajstić information content (AvgIpc) is 2.45. The molecule has 0 saturated carbocycles. The predicted molar refractivity (Wildman–Crippen MR) is 86.8 cm³/mol. The summed E-state index contributed by atoms with van der Waals surface area (Å²) in [4.78, 5) is 41.0. The molecule has 1 saturated heterocycles. The fourth-order valence-corrected chi connectivity index (χ4v) is 3.45. The van der Waals surface area contributed by atoms with Crippen molar-refractivity contribution in [3.63, 3.8) is 0 Å². The number of carbonyl (C=O) groups excluding carboxylic acids is 2. The molecule has 23 heavy (non-hydrogen) atoms. The third kappa shape index (κ3) is 2.42. The molecule has 1 aliphatic heterocycles. The number of benzene rings is 1. The molecule has 2 heterocycles. The molecule has 0 spiro atoms. The first-order chi connectivity index (χ1) is 10.7. The lowest BCUT2D eigenvalue weighted by atomic mass is 9.90. The molecule has 1 atom stereocenters. The minimum atomic E-state index is -1.19. The minimum Gasteiger partial charge on any atom is -0.294 e. The number of fused-ring (bicyclic) bond motifs is 1. The number of nitrogens with zero attached hydrogens (tertiary/aromatic N) is 2. The standard InChI is InChI=1S/C15H13Cl2N3O3/c1-7-18-12-9(5-8(16)6-10(12)17)13(22)20(7)15(2)4-3-11(21)19-14(15)23/h5-6H,3-4H2,1-2H3,(H,19,21,23)/t15-/m0/s1. The Kier molecular flexibility index (Phi) is 3.69. The van der Waals surface area contributed by atoms with Crippen LogP contribution < -0.4 is 10.9 Å². The predicted octanol–water partition coefficient (Wildman–Crippen LogP) is 2.16. The summed E-state index contributed by atoms with van der Waals surface area (Å²) in [5.74, 6) is -0.523. The van der Waals surface area contributed by atoms with Gasteiger partial charge in [0.25, 0.3) is 11.5 Å². The second-order valence-corrected chi connectivity index (χ2v) is 6.58. The average molecular weight is 354 g/mol. The summed E-state index contributed by atoms with van der Waals surface area (Å²) < 4.78 is 1.31. The fourth-order valence-electron chi connectivity index (χ4n) is 2.91. The van der Waals surface area contributed by atoms with Crippen molar-refractivity contribution < 1.29 is 9.59 Å². The van der Waals surface area contributed by atoms with Gasteiger partial charge in [-0.1, -0.05) is 23.2 Å². The minimum absolute atomic E-state index is 0.155. The van der Waals surface area contributed by atoms with E-state index in [0.29, 0.717) is 16.4 Å². The molecular formula is C15H13Cl2N3O3. The highest BCUT2D eigenvalue weighted by molar-refractivity contribution is 6.38. The number of carbonyl (C=O) groups is 2. The number of aromatic nitrogens is 2. The molecule has 1 N–H and O–H groups in total. The second kappa shape index (κ2) is 5.32. The quantitative estimate of drug-likeness (QED) is 0.796. The third-order valence-corrected chi connectivity index (χ3v) is 4.64. The molecule has 0 unspecified atom stereocenters. The van der Waals surface area contributed by atoms with Crippen LogP contribution in [0.5, 0.6) is 0 Å². The highest BCUT2D eigenvalue weighted by Crippen LogP contribution is 2.29. The van der Waals surface area contributed by atoms with Crippen LogP contribution in [0.25, 0.3) is 10.9 Å². The molecule has 0 bridgehead atoms. The van der Waals surface area contributed by atoms with Crippen LogP contribution in [-0.2, 0) is 15.1 Å². The van der Waals surface area contributed by atoms with Gasteiger partial charge in [0.05, 0.1) is 15.9 Å². The summed E-state index contributed by atoms with van der Waals surface area (Å²) in [5.41, 5.74) is -1.26. The van der Waals surface area contributed by atoms with Crippen molar-refractivity contribution in [3.05, 3.63) is 38.4 Å². The van der Waals surface area contributed by atoms with E-state index in [-0.39, 0.29) is 29.2 Å². The van der Waals surface area contributed by atoms with Gasteiger partial charge in [-0.25, -0.2) is 4.98 Å². The van der Waals surface area contributed by atoms with E-state index in [4.69, 9.17) is 23.2 Å². The van der Waals surface area contributed by atoms with Crippen LogP contribution in [0.1, 0.15) is 25.6 Å². The van der Waals surface area contributed by atoms with Crippen LogP contribution in [0.4, 0.5) is 0 Å². The molecule has 1 aromatic heterocycles. The van der Waals surface area contributed by atoms with Crippen LogP contribution in [-0.4, -0.2) is 21.4 Å². The molecule has 2 aromatic rings. The van der Waals surface area contributed by atoms with Gasteiger partial charge in [0.2, 0.25) is 5.91 Å².